The molecule has 2 nitrogen and oxygen atoms in total. The van der Waals surface area contributed by atoms with Crippen molar-refractivity contribution < 1.29 is 0 Å². The van der Waals surface area contributed by atoms with Crippen molar-refractivity contribution in [3.8, 4) is 0 Å². The monoisotopic (exact) mass is 320 g/mol. The molecule has 2 aromatic carbocycles. The second-order valence-electron chi connectivity index (χ2n) is 5.52. The molecule has 0 bridgehead atoms. The van der Waals surface area contributed by atoms with Crippen LogP contribution < -0.4 is 11.3 Å². The van der Waals surface area contributed by atoms with E-state index in [-0.39, 0.29) is 6.04 Å². The van der Waals surface area contributed by atoms with Gasteiger partial charge in [-0.15, -0.1) is 0 Å². The van der Waals surface area contributed by atoms with Crippen molar-refractivity contribution in [2.75, 3.05) is 0 Å². The van der Waals surface area contributed by atoms with Gasteiger partial charge in [-0.25, -0.2) is 5.43 Å². The van der Waals surface area contributed by atoms with Crippen LogP contribution in [0, 0.1) is 0 Å². The third-order valence-electron chi connectivity index (χ3n) is 4.29. The van der Waals surface area contributed by atoms with Crippen LogP contribution in [-0.2, 0) is 0 Å². The Hall–Kier alpha value is -1.06. The van der Waals surface area contributed by atoms with Gasteiger partial charge in [0.1, 0.15) is 0 Å². The van der Waals surface area contributed by atoms with E-state index in [0.717, 1.165) is 5.56 Å². The lowest BCUT2D eigenvalue weighted by atomic mass is 9.76. The predicted molar refractivity (Wildman–Crippen MR) is 88.7 cm³/mol. The van der Waals surface area contributed by atoms with Gasteiger partial charge in [0.2, 0.25) is 0 Å². The lowest BCUT2D eigenvalue weighted by Crippen LogP contribution is -2.30. The highest BCUT2D eigenvalue weighted by Gasteiger charge is 2.26. The first-order valence-corrected chi connectivity index (χ1v) is 7.96. The molecule has 1 saturated carbocycles. The normalized spacial score (nSPS) is 16.5. The fourth-order valence-electron chi connectivity index (χ4n) is 2.95. The zero-order valence-corrected chi connectivity index (χ0v) is 13.2. The van der Waals surface area contributed by atoms with Gasteiger partial charge in [0.15, 0.2) is 0 Å². The molecular weight excluding hydrogens is 303 g/mol. The van der Waals surface area contributed by atoms with Crippen LogP contribution in [0.2, 0.25) is 10.0 Å². The van der Waals surface area contributed by atoms with Crippen molar-refractivity contribution in [1.29, 1.82) is 0 Å². The van der Waals surface area contributed by atoms with E-state index in [1.54, 1.807) is 6.07 Å². The fraction of sp³-hybridized carbons (Fsp3) is 0.294. The summed E-state index contributed by atoms with van der Waals surface area (Å²) in [5, 5.41) is 1.26. The van der Waals surface area contributed by atoms with E-state index in [1.165, 1.54) is 30.4 Å². The summed E-state index contributed by atoms with van der Waals surface area (Å²) < 4.78 is 0. The van der Waals surface area contributed by atoms with Gasteiger partial charge in [-0.2, -0.15) is 0 Å². The molecule has 1 aliphatic rings. The topological polar surface area (TPSA) is 38.0 Å². The highest BCUT2D eigenvalue weighted by molar-refractivity contribution is 6.35. The lowest BCUT2D eigenvalue weighted by Gasteiger charge is -2.30. The zero-order valence-electron chi connectivity index (χ0n) is 11.7. The van der Waals surface area contributed by atoms with Gasteiger partial charge in [0.25, 0.3) is 0 Å². The second-order valence-corrected chi connectivity index (χ2v) is 6.37. The van der Waals surface area contributed by atoms with Gasteiger partial charge >= 0.3 is 0 Å². The van der Waals surface area contributed by atoms with E-state index in [0.29, 0.717) is 16.0 Å². The molecule has 21 heavy (non-hydrogen) atoms. The molecule has 2 aromatic rings. The van der Waals surface area contributed by atoms with Crippen molar-refractivity contribution in [3.05, 3.63) is 69.2 Å². The van der Waals surface area contributed by atoms with Gasteiger partial charge in [0.05, 0.1) is 6.04 Å². The maximum absolute atomic E-state index is 6.35. The quantitative estimate of drug-likeness (QED) is 0.626. The Labute approximate surface area is 135 Å². The molecule has 110 valence electrons. The van der Waals surface area contributed by atoms with E-state index in [2.05, 4.69) is 23.6 Å². The molecule has 0 saturated heterocycles. The van der Waals surface area contributed by atoms with E-state index >= 15 is 0 Å². The largest absolute Gasteiger partial charge is 0.271 e. The summed E-state index contributed by atoms with van der Waals surface area (Å²) in [5.74, 6) is 6.47. The molecule has 0 radical (unpaired) electrons. The van der Waals surface area contributed by atoms with Crippen LogP contribution in [0.3, 0.4) is 0 Å². The molecule has 0 amide bonds. The highest BCUT2D eigenvalue weighted by Crippen LogP contribution is 2.41. The Bertz CT molecular complexity index is 638. The summed E-state index contributed by atoms with van der Waals surface area (Å²) in [6.45, 7) is 0. The van der Waals surface area contributed by atoms with Crippen LogP contribution in [0.1, 0.15) is 47.9 Å². The Morgan fingerprint density at radius 1 is 1.05 bits per heavy atom. The van der Waals surface area contributed by atoms with Gasteiger partial charge in [-0.3, -0.25) is 5.84 Å². The van der Waals surface area contributed by atoms with Crippen LogP contribution in [0.4, 0.5) is 0 Å². The third kappa shape index (κ3) is 2.95. The summed E-state index contributed by atoms with van der Waals surface area (Å²) in [7, 11) is 0. The SMILES string of the molecule is NNC(c1ccc(Cl)cc1Cl)c1ccccc1C1CCC1. The number of rotatable bonds is 4. The molecule has 0 heterocycles. The average Bonchev–Trinajstić information content (AvgIpc) is 2.41. The maximum atomic E-state index is 6.35. The van der Waals surface area contributed by atoms with E-state index in [9.17, 15) is 0 Å². The van der Waals surface area contributed by atoms with Gasteiger partial charge in [-0.1, -0.05) is 60.0 Å². The smallest absolute Gasteiger partial charge is 0.0727 e. The standard InChI is InChI=1S/C17H18Cl2N2/c18-12-8-9-15(16(19)10-12)17(21-20)14-7-2-1-6-13(14)11-4-3-5-11/h1-2,6-11,17,21H,3-5,20H2. The molecule has 0 aliphatic heterocycles. The predicted octanol–water partition coefficient (Wildman–Crippen LogP) is 4.81. The van der Waals surface area contributed by atoms with Gasteiger partial charge in [-0.05, 0) is 47.6 Å². The fourth-order valence-corrected chi connectivity index (χ4v) is 3.47. The van der Waals surface area contributed by atoms with E-state index in [4.69, 9.17) is 29.0 Å². The molecule has 4 heteroatoms. The summed E-state index contributed by atoms with van der Waals surface area (Å²) in [6, 6.07) is 13.9. The van der Waals surface area contributed by atoms with Crippen LogP contribution in [0.5, 0.6) is 0 Å². The molecule has 0 aromatic heterocycles. The minimum absolute atomic E-state index is 0.119. The van der Waals surface area contributed by atoms with Crippen molar-refractivity contribution in [2.45, 2.75) is 31.2 Å². The minimum atomic E-state index is -0.119. The second kappa shape index (κ2) is 6.37. The maximum Gasteiger partial charge on any atom is 0.0727 e. The Kier molecular flexibility index (Phi) is 4.51. The molecule has 1 atom stereocenters. The zero-order chi connectivity index (χ0) is 14.8. The molecule has 3 rings (SSSR count). The van der Waals surface area contributed by atoms with Crippen molar-refractivity contribution in [2.24, 2.45) is 5.84 Å². The number of hydrogen-bond donors (Lipinski definition) is 2. The molecular formula is C17H18Cl2N2. The molecule has 1 aliphatic carbocycles. The Balaban J connectivity index is 2.03. The molecule has 0 spiro atoms. The van der Waals surface area contributed by atoms with E-state index in [1.807, 2.05) is 18.2 Å². The summed E-state index contributed by atoms with van der Waals surface area (Å²) in [4.78, 5) is 0. The minimum Gasteiger partial charge on any atom is -0.271 e. The van der Waals surface area contributed by atoms with Crippen LogP contribution in [-0.4, -0.2) is 0 Å². The van der Waals surface area contributed by atoms with Crippen LogP contribution >= 0.6 is 23.2 Å². The summed E-state index contributed by atoms with van der Waals surface area (Å²) >= 11 is 12.3. The third-order valence-corrected chi connectivity index (χ3v) is 4.85. The first kappa shape index (κ1) is 14.9. The number of benzene rings is 2. The van der Waals surface area contributed by atoms with Gasteiger partial charge in [0, 0.05) is 10.0 Å². The number of hydrazine groups is 1. The Morgan fingerprint density at radius 3 is 2.43 bits per heavy atom. The Morgan fingerprint density at radius 2 is 1.81 bits per heavy atom. The lowest BCUT2D eigenvalue weighted by molar-refractivity contribution is 0.414. The van der Waals surface area contributed by atoms with Crippen molar-refractivity contribution >= 4 is 23.2 Å². The molecule has 3 N–H and O–H groups in total. The number of halogens is 2. The first-order valence-electron chi connectivity index (χ1n) is 7.20. The number of hydrogen-bond acceptors (Lipinski definition) is 2. The van der Waals surface area contributed by atoms with Crippen molar-refractivity contribution in [3.63, 3.8) is 0 Å². The van der Waals surface area contributed by atoms with Crippen molar-refractivity contribution in [1.82, 2.24) is 5.43 Å². The van der Waals surface area contributed by atoms with E-state index < -0.39 is 0 Å². The highest BCUT2D eigenvalue weighted by atomic mass is 35.5. The van der Waals surface area contributed by atoms with Gasteiger partial charge < -0.3 is 0 Å². The number of nitrogens with one attached hydrogen (secondary N) is 1. The number of nitrogens with two attached hydrogens (primary N) is 1. The van der Waals surface area contributed by atoms with Crippen LogP contribution in [0.25, 0.3) is 0 Å². The summed E-state index contributed by atoms with van der Waals surface area (Å²) in [6.07, 6.45) is 3.81. The average molecular weight is 321 g/mol. The molecule has 1 fully saturated rings. The first-order chi connectivity index (χ1) is 10.2. The molecule has 1 unspecified atom stereocenters. The van der Waals surface area contributed by atoms with Crippen LogP contribution in [0.15, 0.2) is 42.5 Å². The summed E-state index contributed by atoms with van der Waals surface area (Å²) in [5.41, 5.74) is 6.44.